The Balaban J connectivity index is 0.00000205. The SMILES string of the molecule is Cl.Fc1cccc(C2CNCCN2Cc2nc(-c3ccc4c(c3)OCO4)no2)c1. The summed E-state index contributed by atoms with van der Waals surface area (Å²) in [6.45, 7) is 3.13. The van der Waals surface area contributed by atoms with Crippen molar-refractivity contribution < 1.29 is 18.4 Å². The summed E-state index contributed by atoms with van der Waals surface area (Å²) in [4.78, 5) is 6.76. The lowest BCUT2D eigenvalue weighted by atomic mass is 10.0. The van der Waals surface area contributed by atoms with Gasteiger partial charge in [0.25, 0.3) is 0 Å². The van der Waals surface area contributed by atoms with E-state index in [1.807, 2.05) is 24.3 Å². The van der Waals surface area contributed by atoms with Crippen LogP contribution in [0.5, 0.6) is 11.5 Å². The number of nitrogens with one attached hydrogen (secondary N) is 1. The first-order chi connectivity index (χ1) is 13.8. The number of halogens is 2. The van der Waals surface area contributed by atoms with Gasteiger partial charge in [-0.15, -0.1) is 12.4 Å². The van der Waals surface area contributed by atoms with E-state index in [4.69, 9.17) is 14.0 Å². The Kier molecular flexibility index (Phi) is 5.66. The van der Waals surface area contributed by atoms with Gasteiger partial charge >= 0.3 is 0 Å². The number of ether oxygens (including phenoxy) is 2. The van der Waals surface area contributed by atoms with Crippen LogP contribution in [0.4, 0.5) is 4.39 Å². The smallest absolute Gasteiger partial charge is 0.241 e. The molecule has 2 aromatic carbocycles. The lowest BCUT2D eigenvalue weighted by Gasteiger charge is -2.35. The minimum absolute atomic E-state index is 0. The van der Waals surface area contributed by atoms with Gasteiger partial charge in [-0.25, -0.2) is 4.39 Å². The van der Waals surface area contributed by atoms with E-state index in [1.54, 1.807) is 12.1 Å². The fourth-order valence-corrected chi connectivity index (χ4v) is 3.62. The van der Waals surface area contributed by atoms with Crippen LogP contribution >= 0.6 is 12.4 Å². The zero-order valence-electron chi connectivity index (χ0n) is 15.5. The van der Waals surface area contributed by atoms with Gasteiger partial charge in [-0.05, 0) is 35.9 Å². The van der Waals surface area contributed by atoms with Crippen molar-refractivity contribution in [3.63, 3.8) is 0 Å². The molecule has 1 aromatic heterocycles. The van der Waals surface area contributed by atoms with Crippen LogP contribution in [0.3, 0.4) is 0 Å². The van der Waals surface area contributed by atoms with Gasteiger partial charge in [-0.2, -0.15) is 4.98 Å². The van der Waals surface area contributed by atoms with Crippen molar-refractivity contribution in [3.05, 3.63) is 59.7 Å². The molecule has 1 atom stereocenters. The second-order valence-electron chi connectivity index (χ2n) is 6.83. The van der Waals surface area contributed by atoms with Crippen LogP contribution in [0.1, 0.15) is 17.5 Å². The van der Waals surface area contributed by atoms with Crippen LogP contribution in [0.2, 0.25) is 0 Å². The third kappa shape index (κ3) is 4.05. The van der Waals surface area contributed by atoms with Crippen molar-refractivity contribution in [2.75, 3.05) is 26.4 Å². The monoisotopic (exact) mass is 418 g/mol. The van der Waals surface area contributed by atoms with E-state index in [2.05, 4.69) is 20.4 Å². The second kappa shape index (κ2) is 8.36. The van der Waals surface area contributed by atoms with Gasteiger partial charge in [0, 0.05) is 31.2 Å². The maximum atomic E-state index is 13.7. The molecule has 3 heterocycles. The summed E-state index contributed by atoms with van der Waals surface area (Å²) in [7, 11) is 0. The number of aromatic nitrogens is 2. The summed E-state index contributed by atoms with van der Waals surface area (Å²) in [6, 6.07) is 12.3. The number of piperazine rings is 1. The number of benzene rings is 2. The van der Waals surface area contributed by atoms with Gasteiger partial charge in [0.2, 0.25) is 18.5 Å². The van der Waals surface area contributed by atoms with Crippen molar-refractivity contribution in [3.8, 4) is 22.9 Å². The van der Waals surface area contributed by atoms with Crippen LogP contribution in [-0.2, 0) is 6.54 Å². The summed E-state index contributed by atoms with van der Waals surface area (Å²) < 4.78 is 29.9. The molecule has 3 aromatic rings. The Hall–Kier alpha value is -2.68. The van der Waals surface area contributed by atoms with Crippen molar-refractivity contribution in [1.29, 1.82) is 0 Å². The maximum absolute atomic E-state index is 13.7. The summed E-state index contributed by atoms with van der Waals surface area (Å²) in [5.74, 6) is 2.19. The molecule has 0 saturated carbocycles. The van der Waals surface area contributed by atoms with E-state index in [0.29, 0.717) is 29.8 Å². The van der Waals surface area contributed by atoms with Crippen molar-refractivity contribution in [2.24, 2.45) is 0 Å². The molecule has 152 valence electrons. The highest BCUT2D eigenvalue weighted by Crippen LogP contribution is 2.35. The molecule has 0 radical (unpaired) electrons. The first-order valence-electron chi connectivity index (χ1n) is 9.19. The summed E-state index contributed by atoms with van der Waals surface area (Å²) >= 11 is 0. The molecule has 1 saturated heterocycles. The van der Waals surface area contributed by atoms with Gasteiger partial charge < -0.3 is 19.3 Å². The standard InChI is InChI=1S/C20H19FN4O3.ClH/c21-15-3-1-2-13(8-15)16-10-22-6-7-25(16)11-19-23-20(24-28-19)14-4-5-17-18(9-14)27-12-26-17;/h1-5,8-9,16,22H,6-7,10-12H2;1H. The van der Waals surface area contributed by atoms with Crippen LogP contribution < -0.4 is 14.8 Å². The lowest BCUT2D eigenvalue weighted by molar-refractivity contribution is 0.135. The average Bonchev–Trinajstić information content (AvgIpc) is 3.37. The molecular weight excluding hydrogens is 399 g/mol. The van der Waals surface area contributed by atoms with E-state index >= 15 is 0 Å². The highest BCUT2D eigenvalue weighted by Gasteiger charge is 2.26. The Morgan fingerprint density at radius 3 is 2.93 bits per heavy atom. The van der Waals surface area contributed by atoms with E-state index in [-0.39, 0.29) is 31.1 Å². The number of hydrogen-bond acceptors (Lipinski definition) is 7. The third-order valence-electron chi connectivity index (χ3n) is 5.02. The largest absolute Gasteiger partial charge is 0.454 e. The van der Waals surface area contributed by atoms with Crippen molar-refractivity contribution >= 4 is 12.4 Å². The molecular formula is C20H20ClFN4O3. The quantitative estimate of drug-likeness (QED) is 0.697. The molecule has 0 bridgehead atoms. The highest BCUT2D eigenvalue weighted by atomic mass is 35.5. The van der Waals surface area contributed by atoms with Gasteiger partial charge in [0.05, 0.1) is 6.54 Å². The molecule has 29 heavy (non-hydrogen) atoms. The Bertz CT molecular complexity index is 999. The Labute approximate surface area is 173 Å². The minimum Gasteiger partial charge on any atom is -0.454 e. The number of fused-ring (bicyclic) bond motifs is 1. The van der Waals surface area contributed by atoms with Crippen LogP contribution in [0.25, 0.3) is 11.4 Å². The second-order valence-corrected chi connectivity index (χ2v) is 6.83. The summed E-state index contributed by atoms with van der Waals surface area (Å²) in [6.07, 6.45) is 0. The topological polar surface area (TPSA) is 72.7 Å². The van der Waals surface area contributed by atoms with Crippen molar-refractivity contribution in [2.45, 2.75) is 12.6 Å². The van der Waals surface area contributed by atoms with Crippen LogP contribution in [-0.4, -0.2) is 41.5 Å². The predicted molar refractivity (Wildman–Crippen MR) is 106 cm³/mol. The molecule has 5 rings (SSSR count). The molecule has 0 amide bonds. The third-order valence-corrected chi connectivity index (χ3v) is 5.02. The lowest BCUT2D eigenvalue weighted by Crippen LogP contribution is -2.45. The first-order valence-corrected chi connectivity index (χ1v) is 9.19. The molecule has 7 nitrogen and oxygen atoms in total. The minimum atomic E-state index is -0.231. The number of hydrogen-bond donors (Lipinski definition) is 1. The van der Waals surface area contributed by atoms with Gasteiger partial charge in [0.15, 0.2) is 11.5 Å². The molecule has 9 heteroatoms. The van der Waals surface area contributed by atoms with E-state index in [1.165, 1.54) is 6.07 Å². The zero-order chi connectivity index (χ0) is 18.9. The van der Waals surface area contributed by atoms with Crippen LogP contribution in [0, 0.1) is 5.82 Å². The fourth-order valence-electron chi connectivity index (χ4n) is 3.62. The van der Waals surface area contributed by atoms with E-state index in [9.17, 15) is 4.39 Å². The predicted octanol–water partition coefficient (Wildman–Crippen LogP) is 3.17. The molecule has 1 N–H and O–H groups in total. The highest BCUT2D eigenvalue weighted by molar-refractivity contribution is 5.85. The van der Waals surface area contributed by atoms with Gasteiger partial charge in [-0.1, -0.05) is 17.3 Å². The Morgan fingerprint density at radius 2 is 2.03 bits per heavy atom. The Morgan fingerprint density at radius 1 is 1.14 bits per heavy atom. The van der Waals surface area contributed by atoms with Gasteiger partial charge in [-0.3, -0.25) is 4.90 Å². The number of rotatable bonds is 4. The molecule has 0 spiro atoms. The summed E-state index contributed by atoms with van der Waals surface area (Å²) in [5.41, 5.74) is 1.74. The van der Waals surface area contributed by atoms with E-state index < -0.39 is 0 Å². The fraction of sp³-hybridized carbons (Fsp3) is 0.300. The zero-order valence-corrected chi connectivity index (χ0v) is 16.3. The summed E-state index contributed by atoms with van der Waals surface area (Å²) in [5, 5.41) is 7.47. The van der Waals surface area contributed by atoms with Gasteiger partial charge in [0.1, 0.15) is 5.82 Å². The number of nitrogens with zero attached hydrogens (tertiary/aromatic N) is 3. The first kappa shape index (κ1) is 19.6. The molecule has 2 aliphatic rings. The molecule has 1 fully saturated rings. The average molecular weight is 419 g/mol. The van der Waals surface area contributed by atoms with E-state index in [0.717, 1.165) is 30.8 Å². The normalized spacial score (nSPS) is 18.4. The van der Waals surface area contributed by atoms with Crippen molar-refractivity contribution in [1.82, 2.24) is 20.4 Å². The molecule has 1 unspecified atom stereocenters. The van der Waals surface area contributed by atoms with Crippen LogP contribution in [0.15, 0.2) is 47.0 Å². The molecule has 2 aliphatic heterocycles. The molecule has 0 aliphatic carbocycles. The maximum Gasteiger partial charge on any atom is 0.241 e.